The van der Waals surface area contributed by atoms with Crippen LogP contribution in [0.15, 0.2) is 6.20 Å². The fourth-order valence-electron chi connectivity index (χ4n) is 1.98. The zero-order valence-electron chi connectivity index (χ0n) is 9.53. The number of anilines is 1. The van der Waals surface area contributed by atoms with E-state index in [1.807, 2.05) is 6.20 Å². The first kappa shape index (κ1) is 10.5. The van der Waals surface area contributed by atoms with Gasteiger partial charge >= 0.3 is 0 Å². The Morgan fingerprint density at radius 1 is 1.67 bits per heavy atom. The second-order valence-corrected chi connectivity index (χ2v) is 4.46. The Bertz CT molecular complexity index is 320. The van der Waals surface area contributed by atoms with Gasteiger partial charge in [0.05, 0.1) is 6.20 Å². The second-order valence-electron chi connectivity index (χ2n) is 4.46. The highest BCUT2D eigenvalue weighted by Crippen LogP contribution is 2.19. The van der Waals surface area contributed by atoms with Gasteiger partial charge < -0.3 is 15.6 Å². The van der Waals surface area contributed by atoms with E-state index in [0.29, 0.717) is 5.92 Å². The highest BCUT2D eigenvalue weighted by Gasteiger charge is 2.24. The Morgan fingerprint density at radius 2 is 2.47 bits per heavy atom. The van der Waals surface area contributed by atoms with Gasteiger partial charge in [-0.15, -0.1) is 0 Å². The molecule has 2 heterocycles. The average molecular weight is 208 g/mol. The SMILES string of the molecule is CCc1cnc(N2CCC(C)C(N)C2)[nH]1. The first-order chi connectivity index (χ1) is 7.20. The molecule has 1 aliphatic rings. The van der Waals surface area contributed by atoms with E-state index in [1.165, 1.54) is 5.69 Å². The lowest BCUT2D eigenvalue weighted by molar-refractivity contribution is 0.376. The third-order valence-electron chi connectivity index (χ3n) is 3.31. The summed E-state index contributed by atoms with van der Waals surface area (Å²) in [6.07, 6.45) is 4.07. The molecule has 1 aromatic heterocycles. The van der Waals surface area contributed by atoms with Gasteiger partial charge in [0.2, 0.25) is 5.95 Å². The summed E-state index contributed by atoms with van der Waals surface area (Å²) in [4.78, 5) is 9.97. The molecule has 0 radical (unpaired) electrons. The van der Waals surface area contributed by atoms with Crippen LogP contribution in [0.2, 0.25) is 0 Å². The van der Waals surface area contributed by atoms with E-state index >= 15 is 0 Å². The first-order valence-corrected chi connectivity index (χ1v) is 5.75. The van der Waals surface area contributed by atoms with Crippen LogP contribution in [-0.4, -0.2) is 29.1 Å². The molecule has 4 heteroatoms. The number of aromatic nitrogens is 2. The maximum absolute atomic E-state index is 6.06. The Balaban J connectivity index is 2.05. The predicted octanol–water partition coefficient (Wildman–Crippen LogP) is 1.15. The lowest BCUT2D eigenvalue weighted by Gasteiger charge is -2.34. The highest BCUT2D eigenvalue weighted by molar-refractivity contribution is 5.32. The van der Waals surface area contributed by atoms with Crippen LogP contribution in [0.5, 0.6) is 0 Å². The summed E-state index contributed by atoms with van der Waals surface area (Å²) in [5, 5.41) is 0. The number of aryl methyl sites for hydroxylation is 1. The zero-order valence-corrected chi connectivity index (χ0v) is 9.53. The van der Waals surface area contributed by atoms with Crippen LogP contribution >= 0.6 is 0 Å². The van der Waals surface area contributed by atoms with Crippen LogP contribution < -0.4 is 10.6 Å². The number of piperidine rings is 1. The molecular weight excluding hydrogens is 188 g/mol. The molecule has 1 aliphatic heterocycles. The number of nitrogens with one attached hydrogen (secondary N) is 1. The monoisotopic (exact) mass is 208 g/mol. The molecule has 2 rings (SSSR count). The fraction of sp³-hybridized carbons (Fsp3) is 0.727. The molecular formula is C11H20N4. The van der Waals surface area contributed by atoms with Gasteiger partial charge in [-0.1, -0.05) is 13.8 Å². The van der Waals surface area contributed by atoms with Crippen LogP contribution in [0.25, 0.3) is 0 Å². The van der Waals surface area contributed by atoms with Crippen LogP contribution in [-0.2, 0) is 6.42 Å². The van der Waals surface area contributed by atoms with Gasteiger partial charge in [-0.3, -0.25) is 0 Å². The molecule has 0 bridgehead atoms. The number of hydrogen-bond donors (Lipinski definition) is 2. The summed E-state index contributed by atoms with van der Waals surface area (Å²) in [7, 11) is 0. The average Bonchev–Trinajstić information content (AvgIpc) is 2.70. The van der Waals surface area contributed by atoms with E-state index in [-0.39, 0.29) is 6.04 Å². The topological polar surface area (TPSA) is 57.9 Å². The van der Waals surface area contributed by atoms with Crippen molar-refractivity contribution in [1.82, 2.24) is 9.97 Å². The largest absolute Gasteiger partial charge is 0.341 e. The van der Waals surface area contributed by atoms with Crippen molar-refractivity contribution >= 4 is 5.95 Å². The Labute approximate surface area is 90.9 Å². The Morgan fingerprint density at radius 3 is 3.07 bits per heavy atom. The lowest BCUT2D eigenvalue weighted by atomic mass is 9.95. The summed E-state index contributed by atoms with van der Waals surface area (Å²) in [6, 6.07) is 0.272. The van der Waals surface area contributed by atoms with Gasteiger partial charge in [0.15, 0.2) is 0 Å². The van der Waals surface area contributed by atoms with Crippen molar-refractivity contribution in [3.63, 3.8) is 0 Å². The van der Waals surface area contributed by atoms with E-state index in [4.69, 9.17) is 5.73 Å². The van der Waals surface area contributed by atoms with E-state index in [0.717, 1.165) is 31.9 Å². The van der Waals surface area contributed by atoms with Crippen molar-refractivity contribution in [2.24, 2.45) is 11.7 Å². The molecule has 84 valence electrons. The van der Waals surface area contributed by atoms with Crippen LogP contribution in [0.4, 0.5) is 5.95 Å². The minimum Gasteiger partial charge on any atom is -0.341 e. The van der Waals surface area contributed by atoms with E-state index < -0.39 is 0 Å². The molecule has 1 saturated heterocycles. The van der Waals surface area contributed by atoms with Crippen LogP contribution in [0.3, 0.4) is 0 Å². The van der Waals surface area contributed by atoms with Crippen molar-refractivity contribution in [3.05, 3.63) is 11.9 Å². The maximum atomic E-state index is 6.06. The predicted molar refractivity (Wildman–Crippen MR) is 61.9 cm³/mol. The molecule has 0 amide bonds. The van der Waals surface area contributed by atoms with Gasteiger partial charge in [0.25, 0.3) is 0 Å². The molecule has 1 aromatic rings. The molecule has 0 saturated carbocycles. The molecule has 0 aromatic carbocycles. The maximum Gasteiger partial charge on any atom is 0.203 e. The van der Waals surface area contributed by atoms with Gasteiger partial charge in [-0.25, -0.2) is 4.98 Å². The van der Waals surface area contributed by atoms with Crippen molar-refractivity contribution in [1.29, 1.82) is 0 Å². The van der Waals surface area contributed by atoms with Crippen molar-refractivity contribution in [3.8, 4) is 0 Å². The summed E-state index contributed by atoms with van der Waals surface area (Å²) in [6.45, 7) is 6.33. The molecule has 3 N–H and O–H groups in total. The van der Waals surface area contributed by atoms with Crippen molar-refractivity contribution in [2.45, 2.75) is 32.7 Å². The quantitative estimate of drug-likeness (QED) is 0.766. The summed E-state index contributed by atoms with van der Waals surface area (Å²) in [5.41, 5.74) is 7.25. The van der Waals surface area contributed by atoms with E-state index in [2.05, 4.69) is 28.7 Å². The number of rotatable bonds is 2. The van der Waals surface area contributed by atoms with Crippen molar-refractivity contribution < 1.29 is 0 Å². The molecule has 4 nitrogen and oxygen atoms in total. The van der Waals surface area contributed by atoms with Crippen LogP contribution in [0, 0.1) is 5.92 Å². The number of H-pyrrole nitrogens is 1. The molecule has 1 fully saturated rings. The van der Waals surface area contributed by atoms with E-state index in [9.17, 15) is 0 Å². The summed E-state index contributed by atoms with van der Waals surface area (Å²) >= 11 is 0. The lowest BCUT2D eigenvalue weighted by Crippen LogP contribution is -2.48. The summed E-state index contributed by atoms with van der Waals surface area (Å²) in [5.74, 6) is 1.61. The normalized spacial score (nSPS) is 27.0. The third kappa shape index (κ3) is 2.15. The Kier molecular flexibility index (Phi) is 2.95. The standard InChI is InChI=1S/C11H20N4/c1-3-9-6-13-11(14-9)15-5-4-8(2)10(12)7-15/h6,8,10H,3-5,7,12H2,1-2H3,(H,13,14). The minimum absolute atomic E-state index is 0.272. The van der Waals surface area contributed by atoms with Crippen molar-refractivity contribution in [2.75, 3.05) is 18.0 Å². The first-order valence-electron chi connectivity index (χ1n) is 5.75. The van der Waals surface area contributed by atoms with Gasteiger partial charge in [-0.2, -0.15) is 0 Å². The van der Waals surface area contributed by atoms with Gasteiger partial charge in [-0.05, 0) is 18.8 Å². The molecule has 0 spiro atoms. The van der Waals surface area contributed by atoms with Gasteiger partial charge in [0, 0.05) is 24.8 Å². The fourth-order valence-corrected chi connectivity index (χ4v) is 1.98. The molecule has 15 heavy (non-hydrogen) atoms. The number of imidazole rings is 1. The molecule has 0 aliphatic carbocycles. The zero-order chi connectivity index (χ0) is 10.8. The number of hydrogen-bond acceptors (Lipinski definition) is 3. The Hall–Kier alpha value is -1.03. The van der Waals surface area contributed by atoms with Gasteiger partial charge in [0.1, 0.15) is 0 Å². The number of nitrogens with two attached hydrogens (primary N) is 1. The second kappa shape index (κ2) is 4.23. The number of nitrogens with zero attached hydrogens (tertiary/aromatic N) is 2. The third-order valence-corrected chi connectivity index (χ3v) is 3.31. The number of aromatic amines is 1. The van der Waals surface area contributed by atoms with Crippen LogP contribution in [0.1, 0.15) is 26.0 Å². The molecule has 2 atom stereocenters. The smallest absolute Gasteiger partial charge is 0.203 e. The highest BCUT2D eigenvalue weighted by atomic mass is 15.3. The minimum atomic E-state index is 0.272. The molecule has 2 unspecified atom stereocenters. The van der Waals surface area contributed by atoms with E-state index in [1.54, 1.807) is 0 Å². The summed E-state index contributed by atoms with van der Waals surface area (Å²) < 4.78 is 0.